The Bertz CT molecular complexity index is 2260. The maximum absolute atomic E-state index is 13.1. The number of amides is 1. The molecule has 0 saturated carbocycles. The van der Waals surface area contributed by atoms with Crippen molar-refractivity contribution >= 4 is 53.6 Å². The van der Waals surface area contributed by atoms with Crippen LogP contribution in [0.2, 0.25) is 0 Å². The Labute approximate surface area is 265 Å². The first kappa shape index (κ1) is 36.6. The maximum Gasteiger partial charge on any atom is 0.397 e. The molecule has 22 heteroatoms. The van der Waals surface area contributed by atoms with Crippen molar-refractivity contribution in [1.29, 1.82) is 0 Å². The molecule has 0 aliphatic rings. The molecule has 19 nitrogen and oxygen atoms in total. The summed E-state index contributed by atoms with van der Waals surface area (Å²) in [5.41, 5.74) is 1.84. The highest BCUT2D eigenvalue weighted by molar-refractivity contribution is 7.91. The number of aryl methyl sites for hydroxylation is 1. The van der Waals surface area contributed by atoms with Crippen LogP contribution in [0, 0.1) is 6.92 Å². The first-order chi connectivity index (χ1) is 21.8. The van der Waals surface area contributed by atoms with Crippen LogP contribution in [0.15, 0.2) is 73.2 Å². The molecule has 3 rings (SSSR count). The predicted molar refractivity (Wildman–Crippen MR) is 163 cm³/mol. The van der Waals surface area contributed by atoms with Gasteiger partial charge < -0.3 is 10.4 Å². The molecule has 0 spiro atoms. The van der Waals surface area contributed by atoms with Crippen LogP contribution in [0.5, 0.6) is 0 Å². The third-order valence-electron chi connectivity index (χ3n) is 5.91. The van der Waals surface area contributed by atoms with Gasteiger partial charge in [0.25, 0.3) is 16.0 Å². The van der Waals surface area contributed by atoms with Crippen LogP contribution >= 0.6 is 0 Å². The molecule has 6 N–H and O–H groups in total. The summed E-state index contributed by atoms with van der Waals surface area (Å²) < 4.78 is 91.3. The molecular weight excluding hydrogens is 690 g/mol. The number of carbonyl (C=O) groups is 2. The highest BCUT2D eigenvalue weighted by atomic mass is 32.3. The van der Waals surface area contributed by atoms with E-state index < -0.39 is 110 Å². The zero-order chi connectivity index (χ0) is 35.2. The van der Waals surface area contributed by atoms with E-state index in [1.54, 1.807) is 24.3 Å². The zero-order valence-corrected chi connectivity index (χ0v) is 26.3. The minimum Gasteiger partial charge on any atom is -0.478 e. The second kappa shape index (κ2) is 14.7. The third kappa shape index (κ3) is 10.6. The van der Waals surface area contributed by atoms with E-state index in [1.165, 1.54) is 0 Å². The molecule has 0 aromatic heterocycles. The molecule has 0 bridgehead atoms. The lowest BCUT2D eigenvalue weighted by Gasteiger charge is -2.10. The number of rotatable bonds is 14. The number of sulfone groups is 1. The van der Waals surface area contributed by atoms with Crippen molar-refractivity contribution in [2.45, 2.75) is 11.8 Å². The van der Waals surface area contributed by atoms with Gasteiger partial charge in [0, 0.05) is 18.2 Å². The lowest BCUT2D eigenvalue weighted by atomic mass is 10.2. The van der Waals surface area contributed by atoms with Gasteiger partial charge in [-0.15, -0.1) is 0 Å². The molecule has 0 fully saturated rings. The highest BCUT2D eigenvalue weighted by Gasteiger charge is 2.20. The van der Waals surface area contributed by atoms with Gasteiger partial charge in [-0.05, 0) is 37.3 Å². The Kier molecular flexibility index (Phi) is 11.4. The highest BCUT2D eigenvalue weighted by Crippen LogP contribution is 2.22. The monoisotopic (exact) mass is 715 g/mol. The molecule has 252 valence electrons. The summed E-state index contributed by atoms with van der Waals surface area (Å²) in [6.07, 6.45) is 0. The van der Waals surface area contributed by atoms with E-state index in [0.29, 0.717) is 17.8 Å². The van der Waals surface area contributed by atoms with Gasteiger partial charge in [0.1, 0.15) is 10.3 Å². The topological polar surface area (TPSA) is 301 Å². The van der Waals surface area contributed by atoms with Gasteiger partial charge in [-0.1, -0.05) is 17.7 Å². The fourth-order valence-corrected chi connectivity index (χ4v) is 5.64. The van der Waals surface area contributed by atoms with Gasteiger partial charge in [0.2, 0.25) is 10.9 Å². The number of carboxylic acid groups (broad SMARTS) is 1. The van der Waals surface area contributed by atoms with Gasteiger partial charge in [0.05, 0.1) is 35.1 Å². The molecule has 0 heterocycles. The Hall–Kier alpha value is -4.87. The summed E-state index contributed by atoms with van der Waals surface area (Å²) in [5, 5.41) is 17.5. The molecular formula is C25H25N5O14S3. The van der Waals surface area contributed by atoms with E-state index in [9.17, 15) is 54.1 Å². The fourth-order valence-electron chi connectivity index (χ4n) is 3.62. The van der Waals surface area contributed by atoms with Crippen molar-refractivity contribution in [2.75, 3.05) is 35.5 Å². The summed E-state index contributed by atoms with van der Waals surface area (Å²) in [6, 6.07) is 9.80. The van der Waals surface area contributed by atoms with Gasteiger partial charge in [0.15, 0.2) is 15.2 Å². The maximum atomic E-state index is 13.1. The molecule has 0 aliphatic carbocycles. The lowest BCUT2D eigenvalue weighted by molar-refractivity contribution is 0.0694. The number of nitrogens with zero attached hydrogens (tertiary/aromatic N) is 2. The number of carbonyl (C=O) groups excluding carboxylic acids is 1. The van der Waals surface area contributed by atoms with Gasteiger partial charge >= 0.3 is 16.4 Å². The number of hydrogen-bond acceptors (Lipinski definition) is 15. The summed E-state index contributed by atoms with van der Waals surface area (Å²) in [6.45, 7) is 0.428. The third-order valence-corrected chi connectivity index (χ3v) is 8.88. The number of nitrogens with one attached hydrogen (secondary N) is 3. The summed E-state index contributed by atoms with van der Waals surface area (Å²) in [4.78, 5) is 48.9. The molecule has 47 heavy (non-hydrogen) atoms. The van der Waals surface area contributed by atoms with E-state index in [0.717, 1.165) is 17.7 Å². The van der Waals surface area contributed by atoms with Gasteiger partial charge in [-0.25, -0.2) is 17.4 Å². The minimum atomic E-state index is -5.09. The van der Waals surface area contributed by atoms with Crippen molar-refractivity contribution in [3.05, 3.63) is 96.4 Å². The van der Waals surface area contributed by atoms with Crippen LogP contribution in [0.25, 0.3) is 0 Å². The SMILES string of the molecule is Cc1ccc(N/N=c2/c(C(=O)O)cc(=O)/c(=N\Nc3ccc(C(=O)NCCS(=O)(=O)CCOS(=O)(=O)O)cc3S(=O)(=O)O)c2=O)cc1. The Morgan fingerprint density at radius 2 is 1.49 bits per heavy atom. The molecule has 0 unspecified atom stereocenters. The Morgan fingerprint density at radius 3 is 2.09 bits per heavy atom. The van der Waals surface area contributed by atoms with Crippen molar-refractivity contribution in [2.24, 2.45) is 10.2 Å². The molecule has 0 atom stereocenters. The van der Waals surface area contributed by atoms with Crippen LogP contribution < -0.4 is 37.7 Å². The van der Waals surface area contributed by atoms with Gasteiger partial charge in [-0.3, -0.25) is 34.3 Å². The first-order valence-electron chi connectivity index (χ1n) is 12.8. The van der Waals surface area contributed by atoms with Crippen LogP contribution in [-0.4, -0.2) is 76.0 Å². The van der Waals surface area contributed by atoms with Crippen molar-refractivity contribution in [3.8, 4) is 0 Å². The molecule has 0 aliphatic heterocycles. The number of hydrogen-bond donors (Lipinski definition) is 6. The molecule has 0 saturated heterocycles. The minimum absolute atomic E-state index is 0.378. The Balaban J connectivity index is 1.89. The molecule has 3 aromatic rings. The summed E-state index contributed by atoms with van der Waals surface area (Å²) in [5.74, 6) is -4.15. The number of carboxylic acids is 1. The number of aromatic carboxylic acids is 1. The fraction of sp³-hybridized carbons (Fsp3) is 0.200. The normalized spacial score (nSPS) is 12.9. The lowest BCUT2D eigenvalue weighted by Crippen LogP contribution is -2.50. The standard InChI is InChI=1S/C25H25N5O14S3/c1-14-2-5-16(6-3-14)27-29-21-17(25(34)35)13-19(31)22(23(21)32)30-28-18-7-4-15(12-20(18)46(38,39)40)24(33)26-8-10-45(36,37)11-9-44-47(41,42)43/h2-7,12-13,27-28H,8-11H2,1H3,(H,26,33)(H,34,35)(H,38,39,40)(H,41,42,43)/b29-21-,30-22+. The van der Waals surface area contributed by atoms with E-state index in [-0.39, 0.29) is 0 Å². The predicted octanol–water partition coefficient (Wildman–Crippen LogP) is -1.64. The summed E-state index contributed by atoms with van der Waals surface area (Å²) in [7, 11) is -13.9. The molecule has 0 radical (unpaired) electrons. The smallest absolute Gasteiger partial charge is 0.397 e. The van der Waals surface area contributed by atoms with Gasteiger partial charge in [-0.2, -0.15) is 27.0 Å². The Morgan fingerprint density at radius 1 is 0.851 bits per heavy atom. The second-order valence-corrected chi connectivity index (χ2v) is 14.2. The van der Waals surface area contributed by atoms with E-state index >= 15 is 0 Å². The van der Waals surface area contributed by atoms with Crippen molar-refractivity contribution < 1.29 is 53.2 Å². The van der Waals surface area contributed by atoms with E-state index in [1.807, 2.05) is 6.92 Å². The average molecular weight is 716 g/mol. The second-order valence-electron chi connectivity index (χ2n) is 9.41. The van der Waals surface area contributed by atoms with Crippen LogP contribution in [0.4, 0.5) is 11.4 Å². The first-order valence-corrected chi connectivity index (χ1v) is 17.4. The average Bonchev–Trinajstić information content (AvgIpc) is 2.95. The summed E-state index contributed by atoms with van der Waals surface area (Å²) >= 11 is 0. The largest absolute Gasteiger partial charge is 0.478 e. The molecule has 3 aromatic carbocycles. The number of anilines is 2. The number of benzene rings is 3. The van der Waals surface area contributed by atoms with Crippen molar-refractivity contribution in [1.82, 2.24) is 5.32 Å². The quantitative estimate of drug-likeness (QED) is 0.0805. The van der Waals surface area contributed by atoms with E-state index in [2.05, 4.69) is 30.6 Å². The van der Waals surface area contributed by atoms with Crippen LogP contribution in [0.1, 0.15) is 26.3 Å². The van der Waals surface area contributed by atoms with E-state index in [4.69, 9.17) is 4.55 Å². The van der Waals surface area contributed by atoms with Crippen LogP contribution in [-0.2, 0) is 34.5 Å². The zero-order valence-electron chi connectivity index (χ0n) is 23.9. The molecule has 1 amide bonds. The van der Waals surface area contributed by atoms with Crippen molar-refractivity contribution in [3.63, 3.8) is 0 Å². The van der Waals surface area contributed by atoms with Crippen LogP contribution in [0.3, 0.4) is 0 Å².